The highest BCUT2D eigenvalue weighted by atomic mass is 16.1. The number of nitrogens with one attached hydrogen (secondary N) is 2. The molecule has 0 spiro atoms. The van der Waals surface area contributed by atoms with E-state index in [1.54, 1.807) is 0 Å². The molecule has 2 heterocycles. The van der Waals surface area contributed by atoms with Gasteiger partial charge in [0.2, 0.25) is 5.91 Å². The van der Waals surface area contributed by atoms with Crippen molar-refractivity contribution in [1.29, 1.82) is 0 Å². The summed E-state index contributed by atoms with van der Waals surface area (Å²) in [5.41, 5.74) is 0. The SMILES string of the molecule is O=C(CC1CCCNC1)NC1CCN(C2CC2)C1. The summed E-state index contributed by atoms with van der Waals surface area (Å²) in [5.74, 6) is 0.825. The fraction of sp³-hybridized carbons (Fsp3) is 0.929. The monoisotopic (exact) mass is 251 g/mol. The second-order valence-electron chi connectivity index (χ2n) is 6.20. The minimum atomic E-state index is 0.270. The molecule has 102 valence electrons. The molecule has 4 heteroatoms. The van der Waals surface area contributed by atoms with Crippen molar-refractivity contribution in [2.24, 2.45) is 5.92 Å². The normalized spacial score (nSPS) is 33.6. The van der Waals surface area contributed by atoms with E-state index in [-0.39, 0.29) is 5.91 Å². The maximum absolute atomic E-state index is 12.0. The number of piperidine rings is 1. The predicted molar refractivity (Wildman–Crippen MR) is 71.4 cm³/mol. The van der Waals surface area contributed by atoms with Gasteiger partial charge >= 0.3 is 0 Å². The summed E-state index contributed by atoms with van der Waals surface area (Å²) in [5, 5.41) is 6.61. The fourth-order valence-corrected chi connectivity index (χ4v) is 3.32. The average molecular weight is 251 g/mol. The Labute approximate surface area is 109 Å². The van der Waals surface area contributed by atoms with Crippen molar-refractivity contribution < 1.29 is 4.79 Å². The molecular weight excluding hydrogens is 226 g/mol. The molecule has 2 unspecified atom stereocenters. The van der Waals surface area contributed by atoms with Gasteiger partial charge in [-0.1, -0.05) is 0 Å². The summed E-state index contributed by atoms with van der Waals surface area (Å²) in [7, 11) is 0. The summed E-state index contributed by atoms with van der Waals surface area (Å²) >= 11 is 0. The first-order chi connectivity index (χ1) is 8.81. The van der Waals surface area contributed by atoms with Crippen LogP contribution < -0.4 is 10.6 Å². The van der Waals surface area contributed by atoms with Crippen LogP contribution in [0.3, 0.4) is 0 Å². The van der Waals surface area contributed by atoms with E-state index in [0.29, 0.717) is 18.4 Å². The smallest absolute Gasteiger partial charge is 0.220 e. The van der Waals surface area contributed by atoms with Crippen LogP contribution in [-0.4, -0.2) is 49.1 Å². The molecule has 18 heavy (non-hydrogen) atoms. The lowest BCUT2D eigenvalue weighted by Gasteiger charge is -2.23. The topological polar surface area (TPSA) is 44.4 Å². The number of rotatable bonds is 4. The molecule has 0 aromatic rings. The Morgan fingerprint density at radius 2 is 2.17 bits per heavy atom. The van der Waals surface area contributed by atoms with Gasteiger partial charge in [-0.3, -0.25) is 9.69 Å². The summed E-state index contributed by atoms with van der Waals surface area (Å²) < 4.78 is 0. The lowest BCUT2D eigenvalue weighted by molar-refractivity contribution is -0.122. The Morgan fingerprint density at radius 3 is 2.89 bits per heavy atom. The predicted octanol–water partition coefficient (Wildman–Crippen LogP) is 0.729. The molecule has 0 aromatic heterocycles. The zero-order chi connectivity index (χ0) is 12.4. The number of nitrogens with zero attached hydrogens (tertiary/aromatic N) is 1. The van der Waals surface area contributed by atoms with Gasteiger partial charge in [-0.2, -0.15) is 0 Å². The van der Waals surface area contributed by atoms with E-state index in [2.05, 4.69) is 15.5 Å². The van der Waals surface area contributed by atoms with Crippen LogP contribution in [0.15, 0.2) is 0 Å². The molecule has 2 saturated heterocycles. The van der Waals surface area contributed by atoms with Gasteiger partial charge in [0, 0.05) is 31.6 Å². The standard InChI is InChI=1S/C14H25N3O/c18-14(8-11-2-1-6-15-9-11)16-12-5-7-17(10-12)13-3-4-13/h11-13,15H,1-10H2,(H,16,18). The first-order valence-electron chi connectivity index (χ1n) is 7.55. The van der Waals surface area contributed by atoms with Gasteiger partial charge in [0.05, 0.1) is 0 Å². The molecule has 3 aliphatic rings. The van der Waals surface area contributed by atoms with E-state index in [0.717, 1.165) is 32.1 Å². The lowest BCUT2D eigenvalue weighted by atomic mass is 9.96. The fourth-order valence-electron chi connectivity index (χ4n) is 3.32. The highest BCUT2D eigenvalue weighted by Gasteiger charge is 2.34. The first kappa shape index (κ1) is 12.4. The molecule has 1 saturated carbocycles. The molecule has 1 aliphatic carbocycles. The molecule has 0 radical (unpaired) electrons. The maximum Gasteiger partial charge on any atom is 0.220 e. The number of likely N-dealkylation sites (tertiary alicyclic amines) is 1. The van der Waals surface area contributed by atoms with Gasteiger partial charge < -0.3 is 10.6 Å². The van der Waals surface area contributed by atoms with Crippen LogP contribution in [0, 0.1) is 5.92 Å². The molecule has 2 aliphatic heterocycles. The van der Waals surface area contributed by atoms with E-state index in [1.165, 1.54) is 32.2 Å². The van der Waals surface area contributed by atoms with Crippen LogP contribution in [0.25, 0.3) is 0 Å². The molecule has 4 nitrogen and oxygen atoms in total. The third-order valence-electron chi connectivity index (χ3n) is 4.52. The summed E-state index contributed by atoms with van der Waals surface area (Å²) in [6, 6.07) is 1.25. The Kier molecular flexibility index (Phi) is 3.85. The van der Waals surface area contributed by atoms with Crippen LogP contribution in [-0.2, 0) is 4.79 Å². The van der Waals surface area contributed by atoms with Crippen LogP contribution in [0.5, 0.6) is 0 Å². The number of hydrogen-bond donors (Lipinski definition) is 2. The number of hydrogen-bond acceptors (Lipinski definition) is 3. The Bertz CT molecular complexity index is 297. The zero-order valence-corrected chi connectivity index (χ0v) is 11.2. The summed E-state index contributed by atoms with van der Waals surface area (Å²) in [6.07, 6.45) is 7.02. The van der Waals surface area contributed by atoms with E-state index < -0.39 is 0 Å². The van der Waals surface area contributed by atoms with E-state index >= 15 is 0 Å². The van der Waals surface area contributed by atoms with Crippen molar-refractivity contribution in [2.45, 2.75) is 50.6 Å². The lowest BCUT2D eigenvalue weighted by Crippen LogP contribution is -2.40. The van der Waals surface area contributed by atoms with E-state index in [1.807, 2.05) is 0 Å². The maximum atomic E-state index is 12.0. The van der Waals surface area contributed by atoms with Crippen LogP contribution in [0.4, 0.5) is 0 Å². The van der Waals surface area contributed by atoms with Crippen molar-refractivity contribution in [3.05, 3.63) is 0 Å². The van der Waals surface area contributed by atoms with E-state index in [4.69, 9.17) is 0 Å². The highest BCUT2D eigenvalue weighted by molar-refractivity contribution is 5.76. The molecule has 3 fully saturated rings. The minimum Gasteiger partial charge on any atom is -0.352 e. The van der Waals surface area contributed by atoms with Gasteiger partial charge in [0.25, 0.3) is 0 Å². The van der Waals surface area contributed by atoms with Gasteiger partial charge in [-0.05, 0) is 51.1 Å². The largest absolute Gasteiger partial charge is 0.352 e. The minimum absolute atomic E-state index is 0.270. The Balaban J connectivity index is 1.38. The number of carbonyl (C=O) groups excluding carboxylic acids is 1. The van der Waals surface area contributed by atoms with Gasteiger partial charge in [-0.15, -0.1) is 0 Å². The van der Waals surface area contributed by atoms with Gasteiger partial charge in [0.1, 0.15) is 0 Å². The average Bonchev–Trinajstić information content (AvgIpc) is 3.12. The van der Waals surface area contributed by atoms with E-state index in [9.17, 15) is 4.79 Å². The molecule has 2 atom stereocenters. The molecule has 0 bridgehead atoms. The third-order valence-corrected chi connectivity index (χ3v) is 4.52. The van der Waals surface area contributed by atoms with Crippen LogP contribution in [0.1, 0.15) is 38.5 Å². The van der Waals surface area contributed by atoms with Crippen molar-refractivity contribution >= 4 is 5.91 Å². The van der Waals surface area contributed by atoms with Crippen LogP contribution in [0.2, 0.25) is 0 Å². The number of amides is 1. The van der Waals surface area contributed by atoms with Crippen molar-refractivity contribution in [2.75, 3.05) is 26.2 Å². The quantitative estimate of drug-likeness (QED) is 0.774. The van der Waals surface area contributed by atoms with Crippen molar-refractivity contribution in [3.8, 4) is 0 Å². The van der Waals surface area contributed by atoms with Gasteiger partial charge in [0.15, 0.2) is 0 Å². The molecule has 3 rings (SSSR count). The zero-order valence-electron chi connectivity index (χ0n) is 11.2. The second-order valence-corrected chi connectivity index (χ2v) is 6.20. The number of carbonyl (C=O) groups is 1. The Hall–Kier alpha value is -0.610. The molecule has 2 N–H and O–H groups in total. The Morgan fingerprint density at radius 1 is 1.28 bits per heavy atom. The third kappa shape index (κ3) is 3.23. The summed E-state index contributed by atoms with van der Waals surface area (Å²) in [4.78, 5) is 14.6. The van der Waals surface area contributed by atoms with Gasteiger partial charge in [-0.25, -0.2) is 0 Å². The molecule has 1 amide bonds. The summed E-state index contributed by atoms with van der Waals surface area (Å²) in [6.45, 7) is 4.41. The molecular formula is C14H25N3O. The van der Waals surface area contributed by atoms with Crippen LogP contribution >= 0.6 is 0 Å². The van der Waals surface area contributed by atoms with Crippen molar-refractivity contribution in [3.63, 3.8) is 0 Å². The molecule has 0 aromatic carbocycles. The second kappa shape index (κ2) is 5.57. The highest BCUT2D eigenvalue weighted by Crippen LogP contribution is 2.29. The first-order valence-corrected chi connectivity index (χ1v) is 7.55. The van der Waals surface area contributed by atoms with Crippen molar-refractivity contribution in [1.82, 2.24) is 15.5 Å².